The van der Waals surface area contributed by atoms with Crippen molar-refractivity contribution in [3.8, 4) is 17.2 Å². The van der Waals surface area contributed by atoms with Crippen molar-refractivity contribution in [1.82, 2.24) is 0 Å². The summed E-state index contributed by atoms with van der Waals surface area (Å²) >= 11 is 0. The quantitative estimate of drug-likeness (QED) is 0.115. The molecule has 0 aliphatic rings. The van der Waals surface area contributed by atoms with Gasteiger partial charge < -0.3 is 14.2 Å². The lowest BCUT2D eigenvalue weighted by atomic mass is 10.0. The molecule has 0 fully saturated rings. The number of unbranched alkanes of at least 4 members (excludes halogenated alkanes) is 2. The van der Waals surface area contributed by atoms with Crippen molar-refractivity contribution in [2.75, 3.05) is 19.8 Å². The third-order valence-corrected chi connectivity index (χ3v) is 5.09. The summed E-state index contributed by atoms with van der Waals surface area (Å²) < 4.78 is 17.7. The lowest BCUT2D eigenvalue weighted by Gasteiger charge is -2.16. The van der Waals surface area contributed by atoms with Crippen molar-refractivity contribution in [3.63, 3.8) is 0 Å². The first-order valence-corrected chi connectivity index (χ1v) is 12.1. The predicted octanol–water partition coefficient (Wildman–Crippen LogP) is 7.46. The Morgan fingerprint density at radius 1 is 0.848 bits per heavy atom. The molecule has 178 valence electrons. The van der Waals surface area contributed by atoms with Crippen LogP contribution in [0.5, 0.6) is 17.2 Å². The van der Waals surface area contributed by atoms with Gasteiger partial charge in [-0.2, -0.15) is 0 Å². The van der Waals surface area contributed by atoms with E-state index in [1.54, 1.807) is 18.2 Å². The summed E-state index contributed by atoms with van der Waals surface area (Å²) in [6.45, 7) is 12.2. The van der Waals surface area contributed by atoms with Gasteiger partial charge in [0, 0.05) is 17.2 Å². The fourth-order valence-corrected chi connectivity index (χ4v) is 3.18. The van der Waals surface area contributed by atoms with E-state index < -0.39 is 0 Å². The fraction of sp³-hybridized carbons (Fsp3) is 0.414. The molecule has 0 radical (unpaired) electrons. The van der Waals surface area contributed by atoms with E-state index in [0.29, 0.717) is 31.8 Å². The molecule has 0 aliphatic carbocycles. The Morgan fingerprint density at radius 2 is 1.52 bits per heavy atom. The van der Waals surface area contributed by atoms with Crippen molar-refractivity contribution >= 4 is 11.9 Å². The van der Waals surface area contributed by atoms with Crippen LogP contribution in [0.3, 0.4) is 0 Å². The van der Waals surface area contributed by atoms with Gasteiger partial charge in [0.1, 0.15) is 17.2 Å². The number of ether oxygens (including phenoxy) is 3. The summed E-state index contributed by atoms with van der Waals surface area (Å²) in [5.74, 6) is 2.26. The molecule has 2 rings (SSSR count). The topological polar surface area (TPSA) is 44.8 Å². The zero-order valence-corrected chi connectivity index (χ0v) is 20.4. The molecule has 0 unspecified atom stereocenters. The molecule has 4 heteroatoms. The van der Waals surface area contributed by atoms with E-state index in [9.17, 15) is 4.79 Å². The van der Waals surface area contributed by atoms with Gasteiger partial charge >= 0.3 is 0 Å². The third kappa shape index (κ3) is 8.80. The van der Waals surface area contributed by atoms with Crippen molar-refractivity contribution < 1.29 is 19.0 Å². The Balaban J connectivity index is 2.26. The van der Waals surface area contributed by atoms with Crippen LogP contribution in [0.1, 0.15) is 74.4 Å². The molecular formula is C29H38O4. The van der Waals surface area contributed by atoms with Gasteiger partial charge in [-0.3, -0.25) is 4.79 Å². The number of carbonyl (C=O) groups excluding carboxylic acids is 1. The molecule has 0 spiro atoms. The van der Waals surface area contributed by atoms with Crippen LogP contribution in [-0.2, 0) is 6.42 Å². The van der Waals surface area contributed by atoms with E-state index in [0.717, 1.165) is 60.5 Å². The molecule has 0 amide bonds. The summed E-state index contributed by atoms with van der Waals surface area (Å²) in [6.07, 6.45) is 11.0. The molecule has 0 aromatic heterocycles. The Bertz CT molecular complexity index is 897. The number of allylic oxidation sites excluding steroid dienone is 2. The second kappa shape index (κ2) is 14.9. The van der Waals surface area contributed by atoms with Crippen LogP contribution in [0.2, 0.25) is 0 Å². The van der Waals surface area contributed by atoms with Gasteiger partial charge in [-0.15, -0.1) is 6.58 Å². The highest BCUT2D eigenvalue weighted by Gasteiger charge is 2.11. The summed E-state index contributed by atoms with van der Waals surface area (Å²) in [7, 11) is 0. The minimum absolute atomic E-state index is 0.0647. The molecule has 0 saturated carbocycles. The highest BCUT2D eigenvalue weighted by molar-refractivity contribution is 6.07. The predicted molar refractivity (Wildman–Crippen MR) is 137 cm³/mol. The first-order valence-electron chi connectivity index (χ1n) is 12.1. The minimum atomic E-state index is -0.0647. The first kappa shape index (κ1) is 26.2. The first-order chi connectivity index (χ1) is 16.1. The lowest BCUT2D eigenvalue weighted by molar-refractivity contribution is 0.104. The van der Waals surface area contributed by atoms with Crippen LogP contribution in [0.4, 0.5) is 0 Å². The molecule has 0 N–H and O–H groups in total. The average Bonchev–Trinajstić information content (AvgIpc) is 2.83. The number of carbonyl (C=O) groups is 1. The molecule has 0 heterocycles. The molecule has 0 bridgehead atoms. The van der Waals surface area contributed by atoms with Crippen LogP contribution >= 0.6 is 0 Å². The number of ketones is 1. The zero-order chi connectivity index (χ0) is 23.9. The second-order valence-corrected chi connectivity index (χ2v) is 7.97. The van der Waals surface area contributed by atoms with Gasteiger partial charge in [0.05, 0.1) is 19.8 Å². The molecule has 0 aliphatic heterocycles. The molecule has 4 nitrogen and oxygen atoms in total. The molecule has 2 aromatic rings. The molecule has 2 aromatic carbocycles. The van der Waals surface area contributed by atoms with Crippen molar-refractivity contribution in [2.45, 2.75) is 59.3 Å². The maximum Gasteiger partial charge on any atom is 0.185 e. The van der Waals surface area contributed by atoms with Gasteiger partial charge in [-0.1, -0.05) is 39.7 Å². The van der Waals surface area contributed by atoms with E-state index in [4.69, 9.17) is 14.2 Å². The Labute approximate surface area is 199 Å². The van der Waals surface area contributed by atoms with Gasteiger partial charge in [0.25, 0.3) is 0 Å². The largest absolute Gasteiger partial charge is 0.494 e. The Hall–Kier alpha value is -3.01. The SMILES string of the molecule is C=CCc1cc(C=CC(=O)c2ccc(OCCC)cc2)c(OCCCC)cc1OCCCC. The number of rotatable bonds is 16. The number of hydrogen-bond donors (Lipinski definition) is 0. The van der Waals surface area contributed by atoms with Crippen LogP contribution in [0.15, 0.2) is 55.1 Å². The van der Waals surface area contributed by atoms with Crippen LogP contribution < -0.4 is 14.2 Å². The maximum atomic E-state index is 12.8. The summed E-state index contributed by atoms with van der Waals surface area (Å²) in [5, 5.41) is 0. The van der Waals surface area contributed by atoms with E-state index in [2.05, 4.69) is 27.4 Å². The van der Waals surface area contributed by atoms with E-state index >= 15 is 0 Å². The lowest BCUT2D eigenvalue weighted by Crippen LogP contribution is -2.04. The normalized spacial score (nSPS) is 10.9. The summed E-state index contributed by atoms with van der Waals surface area (Å²) in [4.78, 5) is 12.8. The van der Waals surface area contributed by atoms with Gasteiger partial charge in [-0.25, -0.2) is 0 Å². The van der Waals surface area contributed by atoms with E-state index in [1.165, 1.54) is 0 Å². The fourth-order valence-electron chi connectivity index (χ4n) is 3.18. The monoisotopic (exact) mass is 450 g/mol. The Morgan fingerprint density at radius 3 is 2.12 bits per heavy atom. The highest BCUT2D eigenvalue weighted by atomic mass is 16.5. The van der Waals surface area contributed by atoms with E-state index in [1.807, 2.05) is 36.4 Å². The van der Waals surface area contributed by atoms with Gasteiger partial charge in [-0.05, 0) is 73.7 Å². The van der Waals surface area contributed by atoms with Gasteiger partial charge in [0.15, 0.2) is 5.78 Å². The van der Waals surface area contributed by atoms with Crippen LogP contribution in [0, 0.1) is 0 Å². The van der Waals surface area contributed by atoms with Gasteiger partial charge in [0.2, 0.25) is 0 Å². The van der Waals surface area contributed by atoms with Crippen LogP contribution in [0.25, 0.3) is 6.08 Å². The van der Waals surface area contributed by atoms with Crippen molar-refractivity contribution in [3.05, 3.63) is 71.8 Å². The maximum absolute atomic E-state index is 12.8. The average molecular weight is 451 g/mol. The van der Waals surface area contributed by atoms with Crippen molar-refractivity contribution in [2.24, 2.45) is 0 Å². The molecule has 0 atom stereocenters. The Kier molecular flexibility index (Phi) is 11.9. The van der Waals surface area contributed by atoms with Crippen LogP contribution in [-0.4, -0.2) is 25.6 Å². The van der Waals surface area contributed by atoms with E-state index in [-0.39, 0.29) is 5.78 Å². The smallest absolute Gasteiger partial charge is 0.185 e. The molecular weight excluding hydrogens is 412 g/mol. The second-order valence-electron chi connectivity index (χ2n) is 7.97. The number of benzene rings is 2. The summed E-state index contributed by atoms with van der Waals surface area (Å²) in [6, 6.07) is 11.2. The van der Waals surface area contributed by atoms with Crippen molar-refractivity contribution in [1.29, 1.82) is 0 Å². The molecule has 33 heavy (non-hydrogen) atoms. The molecule has 0 saturated heterocycles. The number of hydrogen-bond acceptors (Lipinski definition) is 4. The summed E-state index contributed by atoms with van der Waals surface area (Å²) in [5.41, 5.74) is 2.52. The standard InChI is InChI=1S/C29H38O4/c1-5-9-19-32-28-22-29(33-20-10-6-2)25(21-24(28)11-7-3)14-17-27(30)23-12-15-26(16-13-23)31-18-8-4/h7,12-17,21-22H,3,5-6,8-11,18-20H2,1-2,4H3. The zero-order valence-electron chi connectivity index (χ0n) is 20.4. The highest BCUT2D eigenvalue weighted by Crippen LogP contribution is 2.32. The minimum Gasteiger partial charge on any atom is -0.494 e. The third-order valence-electron chi connectivity index (χ3n) is 5.09.